The lowest BCUT2D eigenvalue weighted by Crippen LogP contribution is -1.90. The second-order valence-corrected chi connectivity index (χ2v) is 5.85. The van der Waals surface area contributed by atoms with E-state index in [-0.39, 0.29) is 10.0 Å². The largest absolute Gasteiger partial charge is 0.261 e. The van der Waals surface area contributed by atoms with Gasteiger partial charge in [-0.25, -0.2) is 13.4 Å². The fourth-order valence-corrected chi connectivity index (χ4v) is 2.26. The van der Waals surface area contributed by atoms with Gasteiger partial charge in [0, 0.05) is 22.3 Å². The number of rotatable bonds is 1. The highest BCUT2D eigenvalue weighted by molar-refractivity contribution is 8.13. The smallest absolute Gasteiger partial charge is 0.244 e. The molecule has 2 aromatic rings. The molecular formula is C9H5Cl2NO2S. The van der Waals surface area contributed by atoms with Crippen molar-refractivity contribution in [1.82, 2.24) is 4.98 Å². The molecular weight excluding hydrogens is 257 g/mol. The van der Waals surface area contributed by atoms with Gasteiger partial charge in [0.25, 0.3) is 9.05 Å². The van der Waals surface area contributed by atoms with Crippen molar-refractivity contribution in [1.29, 1.82) is 0 Å². The van der Waals surface area contributed by atoms with Gasteiger partial charge in [-0.05, 0) is 23.6 Å². The first kappa shape index (κ1) is 10.7. The Bertz CT molecular complexity index is 625. The van der Waals surface area contributed by atoms with Crippen LogP contribution in [-0.2, 0) is 9.05 Å². The third-order valence-corrected chi connectivity index (χ3v) is 3.62. The van der Waals surface area contributed by atoms with Crippen molar-refractivity contribution in [3.8, 4) is 0 Å². The first-order valence-electron chi connectivity index (χ1n) is 3.97. The highest BCUT2D eigenvalue weighted by atomic mass is 35.7. The van der Waals surface area contributed by atoms with E-state index in [1.54, 1.807) is 18.3 Å². The predicted molar refractivity (Wildman–Crippen MR) is 59.8 cm³/mol. The molecule has 0 aliphatic rings. The van der Waals surface area contributed by atoms with E-state index < -0.39 is 9.05 Å². The van der Waals surface area contributed by atoms with Crippen LogP contribution in [0.2, 0.25) is 5.15 Å². The highest BCUT2D eigenvalue weighted by Crippen LogP contribution is 2.25. The monoisotopic (exact) mass is 261 g/mol. The quantitative estimate of drug-likeness (QED) is 0.586. The summed E-state index contributed by atoms with van der Waals surface area (Å²) >= 11 is 5.83. The van der Waals surface area contributed by atoms with Crippen molar-refractivity contribution in [2.45, 2.75) is 4.90 Å². The van der Waals surface area contributed by atoms with Crippen molar-refractivity contribution in [2.24, 2.45) is 0 Å². The van der Waals surface area contributed by atoms with Crippen LogP contribution in [0.5, 0.6) is 0 Å². The van der Waals surface area contributed by atoms with Crippen molar-refractivity contribution in [2.75, 3.05) is 0 Å². The van der Waals surface area contributed by atoms with Gasteiger partial charge in [0.15, 0.2) is 0 Å². The number of benzene rings is 1. The summed E-state index contributed by atoms with van der Waals surface area (Å²) in [6.07, 6.45) is 1.56. The molecule has 0 radical (unpaired) electrons. The Balaban J connectivity index is 2.81. The molecule has 1 aromatic carbocycles. The maximum absolute atomic E-state index is 11.1. The lowest BCUT2D eigenvalue weighted by atomic mass is 10.2. The van der Waals surface area contributed by atoms with Crippen LogP contribution in [0.4, 0.5) is 0 Å². The molecule has 0 bridgehead atoms. The second-order valence-electron chi connectivity index (χ2n) is 2.92. The Kier molecular flexibility index (Phi) is 2.58. The fraction of sp³-hybridized carbons (Fsp3) is 0. The summed E-state index contributed by atoms with van der Waals surface area (Å²) in [6.45, 7) is 0. The Morgan fingerprint density at radius 1 is 1.20 bits per heavy atom. The first-order chi connectivity index (χ1) is 6.98. The Morgan fingerprint density at radius 3 is 2.60 bits per heavy atom. The zero-order valence-electron chi connectivity index (χ0n) is 7.31. The SMILES string of the molecule is O=S(=O)(Cl)c1ccc2ccnc(Cl)c2c1. The Labute approximate surface area is 96.1 Å². The summed E-state index contributed by atoms with van der Waals surface area (Å²) in [6, 6.07) is 6.22. The second kappa shape index (κ2) is 3.63. The molecule has 0 amide bonds. The van der Waals surface area contributed by atoms with Crippen molar-refractivity contribution < 1.29 is 8.42 Å². The van der Waals surface area contributed by atoms with Crippen LogP contribution in [-0.4, -0.2) is 13.4 Å². The average Bonchev–Trinajstić information content (AvgIpc) is 2.16. The van der Waals surface area contributed by atoms with Gasteiger partial charge in [-0.1, -0.05) is 17.7 Å². The molecule has 1 heterocycles. The van der Waals surface area contributed by atoms with Gasteiger partial charge >= 0.3 is 0 Å². The summed E-state index contributed by atoms with van der Waals surface area (Å²) in [7, 11) is 1.49. The van der Waals surface area contributed by atoms with Crippen LogP contribution in [0.15, 0.2) is 35.4 Å². The number of hydrogen-bond donors (Lipinski definition) is 0. The molecule has 0 atom stereocenters. The number of hydrogen-bond acceptors (Lipinski definition) is 3. The number of nitrogens with zero attached hydrogens (tertiary/aromatic N) is 1. The van der Waals surface area contributed by atoms with E-state index in [4.69, 9.17) is 22.3 Å². The lowest BCUT2D eigenvalue weighted by Gasteiger charge is -2.01. The van der Waals surface area contributed by atoms with Crippen molar-refractivity contribution in [3.05, 3.63) is 35.6 Å². The topological polar surface area (TPSA) is 47.0 Å². The zero-order valence-corrected chi connectivity index (χ0v) is 9.64. The maximum atomic E-state index is 11.1. The minimum Gasteiger partial charge on any atom is -0.244 e. The molecule has 1 aromatic heterocycles. The molecule has 0 N–H and O–H groups in total. The van der Waals surface area contributed by atoms with E-state index in [2.05, 4.69) is 4.98 Å². The highest BCUT2D eigenvalue weighted by Gasteiger charge is 2.11. The molecule has 0 spiro atoms. The van der Waals surface area contributed by atoms with Gasteiger partial charge in [-0.15, -0.1) is 0 Å². The molecule has 6 heteroatoms. The molecule has 2 rings (SSSR count). The summed E-state index contributed by atoms with van der Waals surface area (Å²) in [5.74, 6) is 0. The third kappa shape index (κ3) is 2.07. The van der Waals surface area contributed by atoms with Gasteiger partial charge in [0.1, 0.15) is 5.15 Å². The number of fused-ring (bicyclic) bond motifs is 1. The van der Waals surface area contributed by atoms with E-state index in [0.29, 0.717) is 5.39 Å². The van der Waals surface area contributed by atoms with Crippen LogP contribution in [0.3, 0.4) is 0 Å². The summed E-state index contributed by atoms with van der Waals surface area (Å²) in [4.78, 5) is 3.88. The molecule has 0 unspecified atom stereocenters. The lowest BCUT2D eigenvalue weighted by molar-refractivity contribution is 0.609. The Hall–Kier alpha value is -0.840. The van der Waals surface area contributed by atoms with Gasteiger partial charge in [0.05, 0.1) is 4.90 Å². The van der Waals surface area contributed by atoms with Crippen LogP contribution in [0.25, 0.3) is 10.8 Å². The minimum absolute atomic E-state index is 0.0200. The molecule has 15 heavy (non-hydrogen) atoms. The zero-order chi connectivity index (χ0) is 11.1. The van der Waals surface area contributed by atoms with E-state index >= 15 is 0 Å². The molecule has 0 fully saturated rings. The minimum atomic E-state index is -3.73. The van der Waals surface area contributed by atoms with Gasteiger partial charge in [-0.3, -0.25) is 0 Å². The van der Waals surface area contributed by atoms with Gasteiger partial charge in [0.2, 0.25) is 0 Å². The van der Waals surface area contributed by atoms with E-state index in [0.717, 1.165) is 5.39 Å². The van der Waals surface area contributed by atoms with Crippen LogP contribution >= 0.6 is 22.3 Å². The molecule has 0 aliphatic carbocycles. The normalized spacial score (nSPS) is 11.9. The molecule has 0 saturated carbocycles. The summed E-state index contributed by atoms with van der Waals surface area (Å²) in [5.41, 5.74) is 0. The summed E-state index contributed by atoms with van der Waals surface area (Å²) < 4.78 is 22.2. The van der Waals surface area contributed by atoms with E-state index in [1.165, 1.54) is 12.1 Å². The van der Waals surface area contributed by atoms with E-state index in [1.807, 2.05) is 0 Å². The molecule has 3 nitrogen and oxygen atoms in total. The van der Waals surface area contributed by atoms with Gasteiger partial charge in [-0.2, -0.15) is 0 Å². The van der Waals surface area contributed by atoms with Crippen molar-refractivity contribution in [3.63, 3.8) is 0 Å². The number of halogens is 2. The van der Waals surface area contributed by atoms with E-state index in [9.17, 15) is 8.42 Å². The predicted octanol–water partition coefficient (Wildman–Crippen LogP) is 2.82. The number of aromatic nitrogens is 1. The van der Waals surface area contributed by atoms with Crippen molar-refractivity contribution >= 4 is 42.1 Å². The maximum Gasteiger partial charge on any atom is 0.261 e. The van der Waals surface area contributed by atoms with Crippen LogP contribution in [0, 0.1) is 0 Å². The van der Waals surface area contributed by atoms with Gasteiger partial charge < -0.3 is 0 Å². The fourth-order valence-electron chi connectivity index (χ4n) is 1.26. The summed E-state index contributed by atoms with van der Waals surface area (Å²) in [5, 5.41) is 1.65. The van der Waals surface area contributed by atoms with Crippen LogP contribution < -0.4 is 0 Å². The number of pyridine rings is 1. The standard InChI is InChI=1S/C9H5Cl2NO2S/c10-9-8-5-7(15(11,13)14)2-1-6(8)3-4-12-9/h1-5H. The molecule has 0 saturated heterocycles. The average molecular weight is 262 g/mol. The third-order valence-electron chi connectivity index (χ3n) is 1.97. The molecule has 78 valence electrons. The molecule has 0 aliphatic heterocycles. The first-order valence-corrected chi connectivity index (χ1v) is 6.66. The Morgan fingerprint density at radius 2 is 1.93 bits per heavy atom. The van der Waals surface area contributed by atoms with Crippen LogP contribution in [0.1, 0.15) is 0 Å².